The van der Waals surface area contributed by atoms with E-state index in [-0.39, 0.29) is 23.9 Å². The number of thiophene rings is 2. The van der Waals surface area contributed by atoms with Crippen LogP contribution in [0.25, 0.3) is 20.4 Å². The first-order valence-electron chi connectivity index (χ1n) is 16.9. The summed E-state index contributed by atoms with van der Waals surface area (Å²) in [7, 11) is 0. The molecule has 2 aliphatic rings. The van der Waals surface area contributed by atoms with E-state index in [9.17, 15) is 9.90 Å². The van der Waals surface area contributed by atoms with Gasteiger partial charge in [-0.3, -0.25) is 9.63 Å². The number of nitrogens with two attached hydrogens (primary N) is 1. The van der Waals surface area contributed by atoms with Gasteiger partial charge < -0.3 is 26.8 Å². The number of hydrogen-bond donors (Lipinski definition) is 5. The summed E-state index contributed by atoms with van der Waals surface area (Å²) in [6, 6.07) is 7.98. The number of fused-ring (bicyclic) bond motifs is 2. The Morgan fingerprint density at radius 3 is 2.22 bits per heavy atom. The molecule has 14 nitrogen and oxygen atoms in total. The number of aliphatic hydroxyl groups excluding tert-OH is 1. The monoisotopic (exact) mass is 763 g/mol. The summed E-state index contributed by atoms with van der Waals surface area (Å²) < 4.78 is 10.8. The number of rotatable bonds is 11. The number of anilines is 6. The van der Waals surface area contributed by atoms with Crippen LogP contribution in [0.2, 0.25) is 0 Å². The molecule has 6 N–H and O–H groups in total. The third-order valence-corrected chi connectivity index (χ3v) is 12.7. The van der Waals surface area contributed by atoms with E-state index in [1.54, 1.807) is 27.7 Å². The molecule has 0 aromatic carbocycles. The van der Waals surface area contributed by atoms with Crippen LogP contribution in [-0.4, -0.2) is 64.0 Å². The topological polar surface area (TPSA) is 189 Å². The SMILES string of the molecule is Cc1cc(Nc2nc(N[C@@H]3CC[C@H](O)[C@@H](ON(c4nc(NC5CCC(C(N)=O)CC5)c5sccc5n4)c4cc(C)ns4)C3)c3sccc3n2)sn1. The van der Waals surface area contributed by atoms with Crippen molar-refractivity contribution >= 4 is 106 Å². The number of amides is 1. The lowest BCUT2D eigenvalue weighted by Gasteiger charge is -2.36. The molecule has 0 aliphatic heterocycles. The summed E-state index contributed by atoms with van der Waals surface area (Å²) in [5.41, 5.74) is 9.00. The van der Waals surface area contributed by atoms with Gasteiger partial charge in [-0.2, -0.15) is 23.8 Å². The third kappa shape index (κ3) is 7.47. The number of hydrogen-bond acceptors (Lipinski definition) is 17. The molecule has 0 radical (unpaired) electrons. The number of aliphatic hydroxyl groups is 1. The fourth-order valence-corrected chi connectivity index (χ4v) is 9.57. The first-order chi connectivity index (χ1) is 24.8. The van der Waals surface area contributed by atoms with Crippen molar-refractivity contribution in [2.24, 2.45) is 11.7 Å². The Morgan fingerprint density at radius 2 is 1.53 bits per heavy atom. The lowest BCUT2D eigenvalue weighted by molar-refractivity contribution is -0.122. The third-order valence-electron chi connectivity index (χ3n) is 9.26. The highest BCUT2D eigenvalue weighted by atomic mass is 32.1. The van der Waals surface area contributed by atoms with Crippen LogP contribution in [0, 0.1) is 19.8 Å². The van der Waals surface area contributed by atoms with Gasteiger partial charge in [-0.1, -0.05) is 0 Å². The molecule has 6 aromatic heterocycles. The number of carbonyl (C=O) groups is 1. The fourth-order valence-electron chi connectivity index (χ4n) is 6.64. The Morgan fingerprint density at radius 1 is 0.863 bits per heavy atom. The van der Waals surface area contributed by atoms with Crippen molar-refractivity contribution in [2.75, 3.05) is 21.0 Å². The van der Waals surface area contributed by atoms with Crippen molar-refractivity contribution in [1.29, 1.82) is 0 Å². The highest BCUT2D eigenvalue weighted by Gasteiger charge is 2.35. The number of carbonyl (C=O) groups excluding carboxylic acids is 1. The normalized spacial score (nSPS) is 22.3. The second-order valence-electron chi connectivity index (χ2n) is 13.1. The Hall–Kier alpha value is -4.07. The van der Waals surface area contributed by atoms with Crippen molar-refractivity contribution in [3.05, 3.63) is 46.4 Å². The largest absolute Gasteiger partial charge is 0.390 e. The van der Waals surface area contributed by atoms with Gasteiger partial charge in [-0.25, -0.2) is 9.97 Å². The second kappa shape index (κ2) is 14.5. The molecule has 8 rings (SSSR count). The maximum absolute atomic E-state index is 11.8. The average Bonchev–Trinajstić information content (AvgIpc) is 3.94. The lowest BCUT2D eigenvalue weighted by atomic mass is 9.85. The highest BCUT2D eigenvalue weighted by molar-refractivity contribution is 7.18. The molecule has 18 heteroatoms. The zero-order valence-electron chi connectivity index (χ0n) is 27.9. The van der Waals surface area contributed by atoms with Crippen LogP contribution < -0.4 is 26.7 Å². The van der Waals surface area contributed by atoms with Crippen LogP contribution in [0.3, 0.4) is 0 Å². The second-order valence-corrected chi connectivity index (χ2v) is 16.5. The van der Waals surface area contributed by atoms with Crippen molar-refractivity contribution < 1.29 is 14.7 Å². The zero-order chi connectivity index (χ0) is 35.1. The Labute approximate surface area is 309 Å². The molecule has 0 spiro atoms. The predicted molar refractivity (Wildman–Crippen MR) is 205 cm³/mol. The molecular weight excluding hydrogens is 727 g/mol. The van der Waals surface area contributed by atoms with Gasteiger partial charge in [0.1, 0.15) is 27.7 Å². The van der Waals surface area contributed by atoms with E-state index in [4.69, 9.17) is 30.5 Å². The van der Waals surface area contributed by atoms with Crippen molar-refractivity contribution in [1.82, 2.24) is 28.7 Å². The number of aromatic nitrogens is 6. The van der Waals surface area contributed by atoms with Crippen molar-refractivity contribution in [2.45, 2.75) is 83.1 Å². The molecule has 0 unspecified atom stereocenters. The minimum atomic E-state index is -0.707. The van der Waals surface area contributed by atoms with Crippen molar-refractivity contribution in [3.8, 4) is 0 Å². The minimum absolute atomic E-state index is 0.0322. The number of nitrogens with zero attached hydrogens (tertiary/aromatic N) is 7. The fraction of sp³-hybridized carbons (Fsp3) is 0.424. The maximum Gasteiger partial charge on any atom is 0.258 e. The van der Waals surface area contributed by atoms with Crippen LogP contribution >= 0.6 is 45.7 Å². The standard InChI is InChI=1S/C33H37N11O3S4/c1-16-13-25(50-42-16)39-32-37-21-9-11-48-27(21)30(40-32)36-20-7-8-23(45)24(15-20)47-44(26-14-17(2)43-51-26)33-38-22-10-12-49-28(22)31(41-33)35-19-5-3-18(4-6-19)29(34)46/h9-14,18-20,23-24,45H,3-8,15H2,1-2H3,(H2,34,46)(H,35,38,41)(H2,36,37,39,40)/t18?,19?,20-,23+,24+/m1/s1. The van der Waals surface area contributed by atoms with E-state index in [0.29, 0.717) is 35.6 Å². The Bertz CT molecular complexity index is 2160. The first-order valence-corrected chi connectivity index (χ1v) is 20.2. The lowest BCUT2D eigenvalue weighted by Crippen LogP contribution is -2.44. The Kier molecular flexibility index (Phi) is 9.69. The molecule has 1 amide bonds. The van der Waals surface area contributed by atoms with E-state index in [1.165, 1.54) is 23.1 Å². The maximum atomic E-state index is 11.8. The first kappa shape index (κ1) is 34.0. The van der Waals surface area contributed by atoms with Gasteiger partial charge in [0, 0.05) is 18.0 Å². The van der Waals surface area contributed by atoms with Crippen molar-refractivity contribution in [3.63, 3.8) is 0 Å². The van der Waals surface area contributed by atoms with Gasteiger partial charge >= 0.3 is 0 Å². The number of primary amides is 1. The molecular formula is C33H37N11O3S4. The molecule has 2 fully saturated rings. The van der Waals surface area contributed by atoms with E-state index >= 15 is 0 Å². The summed E-state index contributed by atoms with van der Waals surface area (Å²) in [4.78, 5) is 38.0. The molecule has 51 heavy (non-hydrogen) atoms. The summed E-state index contributed by atoms with van der Waals surface area (Å²) in [6.45, 7) is 3.88. The average molecular weight is 764 g/mol. The summed E-state index contributed by atoms with van der Waals surface area (Å²) >= 11 is 5.82. The molecule has 0 bridgehead atoms. The molecule has 3 atom stereocenters. The van der Waals surface area contributed by atoms with Gasteiger partial charge in [0.25, 0.3) is 5.95 Å². The smallest absolute Gasteiger partial charge is 0.258 e. The summed E-state index contributed by atoms with van der Waals surface area (Å²) in [6.07, 6.45) is 3.65. The van der Waals surface area contributed by atoms with Gasteiger partial charge in [0.15, 0.2) is 0 Å². The Balaban J connectivity index is 1.04. The molecule has 6 heterocycles. The van der Waals surface area contributed by atoms with Gasteiger partial charge in [-0.15, -0.1) is 22.7 Å². The molecule has 0 saturated heterocycles. The predicted octanol–water partition coefficient (Wildman–Crippen LogP) is 6.89. The van der Waals surface area contributed by atoms with Gasteiger partial charge in [0.2, 0.25) is 11.9 Å². The molecule has 2 saturated carbocycles. The summed E-state index contributed by atoms with van der Waals surface area (Å²) in [5, 5.41) is 29.1. The molecule has 6 aromatic rings. The number of nitrogens with one attached hydrogen (secondary N) is 3. The molecule has 2 aliphatic carbocycles. The quantitative estimate of drug-likeness (QED) is 0.0859. The molecule has 266 valence electrons. The minimum Gasteiger partial charge on any atom is -0.390 e. The van der Waals surface area contributed by atoms with Crippen LogP contribution in [0.5, 0.6) is 0 Å². The highest BCUT2D eigenvalue weighted by Crippen LogP contribution is 2.38. The van der Waals surface area contributed by atoms with Crippen LogP contribution in [0.1, 0.15) is 56.3 Å². The van der Waals surface area contributed by atoms with E-state index in [1.807, 2.05) is 48.9 Å². The summed E-state index contributed by atoms with van der Waals surface area (Å²) in [5.74, 6) is 1.99. The van der Waals surface area contributed by atoms with Gasteiger partial charge in [0.05, 0.1) is 37.9 Å². The zero-order valence-corrected chi connectivity index (χ0v) is 31.2. The van der Waals surface area contributed by atoms with E-state index in [0.717, 1.165) is 74.7 Å². The number of aryl methyl sites for hydroxylation is 2. The van der Waals surface area contributed by atoms with Crippen LogP contribution in [0.15, 0.2) is 35.0 Å². The van der Waals surface area contributed by atoms with E-state index in [2.05, 4.69) is 24.7 Å². The van der Waals surface area contributed by atoms with E-state index < -0.39 is 12.2 Å². The van der Waals surface area contributed by atoms with Crippen LogP contribution in [-0.2, 0) is 9.63 Å². The van der Waals surface area contributed by atoms with Crippen LogP contribution in [0.4, 0.5) is 33.5 Å². The van der Waals surface area contributed by atoms with Gasteiger partial charge in [-0.05, 0) is 117 Å².